The Labute approximate surface area is 721 Å². The molecule has 0 radical (unpaired) electrons. The molecule has 578 valence electrons. The second-order valence-corrected chi connectivity index (χ2v) is 32.8. The van der Waals surface area contributed by atoms with Gasteiger partial charge in [0.2, 0.25) is 0 Å². The first-order valence-corrected chi connectivity index (χ1v) is 42.8. The standard InChI is InChI=1S/C115H75B2N5O2/c1-9-38-76(39-10-1)86-54-27-33-64-100(86)119(82-50-21-7-22-51-82)85-70-107-113-111(71-85)124-110-75-109-95(73-99(110)117(113)97-63-32-36-67-103(97)121(107)101-65-34-28-55-87(101)77-40-11-2-12-41-77)115(92-60-29-25-56-90(92)91-57-26-30-61-93(91)115)94-72-98-104(74-108(94)123-109)122(114-88(78-42-13-3-14-43-78)58-37-59-89(114)79-44-15-4-16-45-79)106-69-84(118(80-46-17-5-18-47-80)81-48-19-6-20-49-81)68-105-112(106)116(98)96-62-31-35-66-102(96)120(105)83-52-23-8-24-53-83/h1-75H. The van der Waals surface area contributed by atoms with Gasteiger partial charge in [-0.05, 0) is 168 Å². The van der Waals surface area contributed by atoms with Gasteiger partial charge in [0.25, 0.3) is 13.4 Å². The molecule has 25 rings (SSSR count). The third-order valence-electron chi connectivity index (χ3n) is 26.3. The quantitative estimate of drug-likeness (QED) is 0.106. The van der Waals surface area contributed by atoms with Gasteiger partial charge in [-0.15, -0.1) is 0 Å². The lowest BCUT2D eigenvalue weighted by Crippen LogP contribution is -2.61. The lowest BCUT2D eigenvalue weighted by Gasteiger charge is -2.47. The summed E-state index contributed by atoms with van der Waals surface area (Å²) in [5.74, 6) is 2.95. The molecule has 0 saturated carbocycles. The molecule has 1 spiro atoms. The minimum atomic E-state index is -0.977. The van der Waals surface area contributed by atoms with Crippen molar-refractivity contribution in [2.45, 2.75) is 5.41 Å². The van der Waals surface area contributed by atoms with Crippen molar-refractivity contribution in [2.75, 3.05) is 24.5 Å². The van der Waals surface area contributed by atoms with E-state index in [1.807, 2.05) is 0 Å². The molecule has 1 aliphatic carbocycles. The van der Waals surface area contributed by atoms with Gasteiger partial charge in [-0.2, -0.15) is 0 Å². The maximum Gasteiger partial charge on any atom is 0.256 e. The Morgan fingerprint density at radius 2 is 0.597 bits per heavy atom. The van der Waals surface area contributed by atoms with Crippen molar-refractivity contribution in [1.82, 2.24) is 0 Å². The number of benzene rings is 19. The largest absolute Gasteiger partial charge is 0.458 e. The Morgan fingerprint density at radius 1 is 0.210 bits per heavy atom. The SMILES string of the molecule is c1ccc(-c2ccccc2N(c2ccccc2)c2cc3c4c(c2)N(c2ccccc2-c2ccccc2)c2ccccc2B4c2cc4c(cc2O3)Oc2cc3c(cc2C42c4ccccc4-c4ccccc42)B2c4ccccc4N(c4ccccc4)c4cc(N(c5ccccc5)c5ccccc5)cc(c42)N3c2c(-c3ccccc3)cccc2-c2ccccc2)cc1. The summed E-state index contributed by atoms with van der Waals surface area (Å²) >= 11 is 0. The zero-order valence-corrected chi connectivity index (χ0v) is 67.5. The molecule has 0 saturated heterocycles. The minimum absolute atomic E-state index is 0.321. The molecule has 7 nitrogen and oxygen atoms in total. The van der Waals surface area contributed by atoms with E-state index < -0.39 is 5.41 Å². The third-order valence-corrected chi connectivity index (χ3v) is 26.3. The van der Waals surface area contributed by atoms with Gasteiger partial charge in [0.05, 0.1) is 33.9 Å². The summed E-state index contributed by atoms with van der Waals surface area (Å²) in [6.45, 7) is -0.652. The van der Waals surface area contributed by atoms with E-state index in [2.05, 4.69) is 479 Å². The first-order chi connectivity index (χ1) is 61.6. The van der Waals surface area contributed by atoms with Crippen LogP contribution in [0.3, 0.4) is 0 Å². The molecule has 0 aromatic heterocycles. The fraction of sp³-hybridized carbons (Fsp3) is 0.00870. The van der Waals surface area contributed by atoms with Gasteiger partial charge in [0, 0.05) is 108 Å². The van der Waals surface area contributed by atoms with Crippen LogP contribution < -0.4 is 66.8 Å². The van der Waals surface area contributed by atoms with E-state index >= 15 is 0 Å². The molecule has 19 aromatic carbocycles. The van der Waals surface area contributed by atoms with Crippen molar-refractivity contribution < 1.29 is 9.47 Å². The van der Waals surface area contributed by atoms with E-state index in [1.165, 1.54) is 33.2 Å². The van der Waals surface area contributed by atoms with Crippen LogP contribution in [0.25, 0.3) is 55.6 Å². The average Bonchev–Trinajstić information content (AvgIpc) is 1.34. The van der Waals surface area contributed by atoms with Crippen molar-refractivity contribution in [2.24, 2.45) is 0 Å². The van der Waals surface area contributed by atoms with Crippen LogP contribution in [0.4, 0.5) is 85.3 Å². The van der Waals surface area contributed by atoms with Gasteiger partial charge in [0.1, 0.15) is 23.0 Å². The van der Waals surface area contributed by atoms with Gasteiger partial charge < -0.3 is 34.0 Å². The van der Waals surface area contributed by atoms with E-state index in [4.69, 9.17) is 9.47 Å². The number of nitrogens with zero attached hydrogens (tertiary/aromatic N) is 5. The van der Waals surface area contributed by atoms with Crippen molar-refractivity contribution in [3.63, 3.8) is 0 Å². The number of fused-ring (bicyclic) bond motifs is 17. The summed E-state index contributed by atoms with van der Waals surface area (Å²) in [5, 5.41) is 0. The zero-order valence-electron chi connectivity index (χ0n) is 67.5. The highest BCUT2D eigenvalue weighted by Gasteiger charge is 2.55. The molecule has 0 amide bonds. The molecule has 5 heterocycles. The number of para-hydroxylation sites is 9. The number of hydrogen-bond donors (Lipinski definition) is 0. The van der Waals surface area contributed by atoms with E-state index in [0.29, 0.717) is 5.75 Å². The highest BCUT2D eigenvalue weighted by Crippen LogP contribution is 2.65. The fourth-order valence-electron chi connectivity index (χ4n) is 21.3. The Hall–Kier alpha value is -16.1. The second-order valence-electron chi connectivity index (χ2n) is 32.8. The van der Waals surface area contributed by atoms with Crippen LogP contribution in [-0.4, -0.2) is 13.4 Å². The lowest BCUT2D eigenvalue weighted by molar-refractivity contribution is 0.428. The summed E-state index contributed by atoms with van der Waals surface area (Å²) in [5.41, 5.74) is 37.1. The maximum atomic E-state index is 8.24. The topological polar surface area (TPSA) is 34.7 Å². The normalized spacial score (nSPS) is 13.3. The average molecular weight is 1580 g/mol. The molecule has 0 bridgehead atoms. The Morgan fingerprint density at radius 3 is 1.16 bits per heavy atom. The number of ether oxygens (including phenoxy) is 2. The van der Waals surface area contributed by atoms with Crippen molar-refractivity contribution in [3.05, 3.63) is 477 Å². The Balaban J connectivity index is 0.780. The van der Waals surface area contributed by atoms with Crippen LogP contribution >= 0.6 is 0 Å². The molecule has 0 atom stereocenters. The van der Waals surface area contributed by atoms with Gasteiger partial charge in [-0.25, -0.2) is 0 Å². The van der Waals surface area contributed by atoms with Crippen molar-refractivity contribution >= 4 is 132 Å². The maximum absolute atomic E-state index is 8.24. The molecule has 9 heteroatoms. The minimum Gasteiger partial charge on any atom is -0.458 e. The lowest BCUT2D eigenvalue weighted by atomic mass is 9.33. The zero-order chi connectivity index (χ0) is 81.5. The van der Waals surface area contributed by atoms with Crippen molar-refractivity contribution in [3.8, 4) is 78.6 Å². The van der Waals surface area contributed by atoms with Gasteiger partial charge in [0.15, 0.2) is 0 Å². The van der Waals surface area contributed by atoms with Crippen molar-refractivity contribution in [1.29, 1.82) is 0 Å². The number of rotatable bonds is 13. The van der Waals surface area contributed by atoms with Crippen LogP contribution in [0.1, 0.15) is 22.3 Å². The van der Waals surface area contributed by atoms with Crippen LogP contribution in [0.2, 0.25) is 0 Å². The van der Waals surface area contributed by atoms with Crippen LogP contribution in [0.15, 0.2) is 455 Å². The van der Waals surface area contributed by atoms with E-state index in [-0.39, 0.29) is 13.4 Å². The molecule has 0 fully saturated rings. The van der Waals surface area contributed by atoms with E-state index in [1.54, 1.807) is 0 Å². The number of anilines is 15. The summed E-state index contributed by atoms with van der Waals surface area (Å²) < 4.78 is 16.3. The second kappa shape index (κ2) is 28.6. The third kappa shape index (κ3) is 10.8. The van der Waals surface area contributed by atoms with Gasteiger partial charge in [-0.3, -0.25) is 0 Å². The molecular formula is C115H75B2N5O2. The first kappa shape index (κ1) is 70.9. The van der Waals surface area contributed by atoms with Crippen LogP contribution in [-0.2, 0) is 5.41 Å². The monoisotopic (exact) mass is 1580 g/mol. The van der Waals surface area contributed by atoms with Gasteiger partial charge in [-0.1, -0.05) is 346 Å². The fourth-order valence-corrected chi connectivity index (χ4v) is 21.3. The summed E-state index contributed by atoms with van der Waals surface area (Å²) in [6.07, 6.45) is 0. The number of hydrogen-bond acceptors (Lipinski definition) is 7. The smallest absolute Gasteiger partial charge is 0.256 e. The molecule has 19 aromatic rings. The predicted molar refractivity (Wildman–Crippen MR) is 515 cm³/mol. The molecule has 0 N–H and O–H groups in total. The molecule has 0 unspecified atom stereocenters. The predicted octanol–water partition coefficient (Wildman–Crippen LogP) is 26.3. The van der Waals surface area contributed by atoms with Crippen LogP contribution in [0.5, 0.6) is 23.0 Å². The summed E-state index contributed by atoms with van der Waals surface area (Å²) in [6, 6.07) is 168. The summed E-state index contributed by atoms with van der Waals surface area (Å²) in [7, 11) is 0. The molecular weight excluding hydrogens is 1500 g/mol. The van der Waals surface area contributed by atoms with Crippen LogP contribution in [0, 0.1) is 0 Å². The summed E-state index contributed by atoms with van der Waals surface area (Å²) in [4.78, 5) is 12.5. The first-order valence-electron chi connectivity index (χ1n) is 42.8. The molecule has 6 aliphatic rings. The highest BCUT2D eigenvalue weighted by atomic mass is 16.5. The highest BCUT2D eigenvalue weighted by molar-refractivity contribution is 7.01. The molecule has 5 aliphatic heterocycles. The van der Waals surface area contributed by atoms with Gasteiger partial charge >= 0.3 is 0 Å². The van der Waals surface area contributed by atoms with E-state index in [0.717, 1.165) is 180 Å². The van der Waals surface area contributed by atoms with E-state index in [9.17, 15) is 0 Å². The Kier molecular flexibility index (Phi) is 16.3. The molecule has 124 heavy (non-hydrogen) atoms. The Bertz CT molecular complexity index is 7330.